The topological polar surface area (TPSA) is 93.8 Å². The Morgan fingerprint density at radius 2 is 1.42 bits per heavy atom. The molecule has 3 N–H and O–H groups in total. The maximum Gasteiger partial charge on any atom is 0.271 e. The van der Waals surface area contributed by atoms with Crippen LogP contribution in [0.3, 0.4) is 0 Å². The number of carbonyl (C=O) groups is 3. The average molecular weight is 448 g/mol. The molecule has 164 valence electrons. The summed E-state index contributed by atoms with van der Waals surface area (Å²) in [4.78, 5) is 40.2. The van der Waals surface area contributed by atoms with E-state index < -0.39 is 5.91 Å². The number of nitrogens with zero attached hydrogens (tertiary/aromatic N) is 2. The van der Waals surface area contributed by atoms with Crippen LogP contribution in [0.5, 0.6) is 0 Å². The molecule has 3 rings (SSSR count). The first-order chi connectivity index (χ1) is 14.9. The zero-order chi connectivity index (χ0) is 22.2. The number of nitrogens with one attached hydrogen (secondary N) is 3. The number of halogens is 2. The molecule has 0 aromatic heterocycles. The van der Waals surface area contributed by atoms with Gasteiger partial charge in [-0.25, -0.2) is 4.39 Å². The molecule has 8 nitrogen and oxygen atoms in total. The molecule has 0 radical (unpaired) electrons. The lowest BCUT2D eigenvalue weighted by molar-refractivity contribution is -0.124. The molecule has 0 unspecified atom stereocenters. The Labute approximate surface area is 184 Å². The van der Waals surface area contributed by atoms with Gasteiger partial charge in [-0.2, -0.15) is 0 Å². The summed E-state index contributed by atoms with van der Waals surface area (Å²) in [5, 5.41) is 3.03. The number of piperazine rings is 1. The van der Waals surface area contributed by atoms with E-state index >= 15 is 0 Å². The molecule has 0 spiro atoms. The Morgan fingerprint density at radius 1 is 0.839 bits per heavy atom. The van der Waals surface area contributed by atoms with Crippen LogP contribution in [0.25, 0.3) is 0 Å². The second-order valence-electron chi connectivity index (χ2n) is 7.09. The first kappa shape index (κ1) is 22.7. The van der Waals surface area contributed by atoms with Crippen LogP contribution in [0.1, 0.15) is 10.4 Å². The number of benzene rings is 2. The monoisotopic (exact) mass is 447 g/mol. The number of anilines is 1. The van der Waals surface area contributed by atoms with E-state index in [4.69, 9.17) is 11.6 Å². The summed E-state index contributed by atoms with van der Waals surface area (Å²) in [6.45, 7) is 2.79. The van der Waals surface area contributed by atoms with E-state index in [1.165, 1.54) is 24.3 Å². The van der Waals surface area contributed by atoms with Gasteiger partial charge in [0.05, 0.1) is 23.7 Å². The highest BCUT2D eigenvalue weighted by Gasteiger charge is 2.21. The van der Waals surface area contributed by atoms with E-state index in [0.29, 0.717) is 36.9 Å². The lowest BCUT2D eigenvalue weighted by Gasteiger charge is -2.33. The lowest BCUT2D eigenvalue weighted by Crippen LogP contribution is -2.52. The van der Waals surface area contributed by atoms with E-state index in [1.807, 2.05) is 9.80 Å². The molecule has 0 atom stereocenters. The van der Waals surface area contributed by atoms with Crippen molar-refractivity contribution >= 4 is 35.0 Å². The van der Waals surface area contributed by atoms with Gasteiger partial charge in [-0.3, -0.25) is 35.0 Å². The largest absolute Gasteiger partial charge is 0.325 e. The van der Waals surface area contributed by atoms with Crippen molar-refractivity contribution < 1.29 is 18.8 Å². The van der Waals surface area contributed by atoms with Crippen LogP contribution >= 0.6 is 11.6 Å². The molecule has 1 heterocycles. The SMILES string of the molecule is O=C(CN1CCN(CC(=O)Nc2ccc(F)cc2)CC1)NNC(=O)c1ccccc1Cl. The van der Waals surface area contributed by atoms with Crippen LogP contribution in [-0.4, -0.2) is 66.8 Å². The van der Waals surface area contributed by atoms with Crippen molar-refractivity contribution in [1.82, 2.24) is 20.7 Å². The molecule has 2 aromatic rings. The number of amides is 3. The van der Waals surface area contributed by atoms with Gasteiger partial charge in [0.2, 0.25) is 5.91 Å². The summed E-state index contributed by atoms with van der Waals surface area (Å²) in [6, 6.07) is 12.1. The third-order valence-electron chi connectivity index (χ3n) is 4.76. The van der Waals surface area contributed by atoms with Crippen molar-refractivity contribution in [2.24, 2.45) is 0 Å². The quantitative estimate of drug-likeness (QED) is 0.583. The first-order valence-electron chi connectivity index (χ1n) is 9.74. The van der Waals surface area contributed by atoms with E-state index in [0.717, 1.165) is 0 Å². The van der Waals surface area contributed by atoms with Gasteiger partial charge in [-0.05, 0) is 36.4 Å². The van der Waals surface area contributed by atoms with E-state index in [2.05, 4.69) is 16.2 Å². The highest BCUT2D eigenvalue weighted by molar-refractivity contribution is 6.33. The third kappa shape index (κ3) is 7.02. The molecule has 1 aliphatic heterocycles. The lowest BCUT2D eigenvalue weighted by atomic mass is 10.2. The zero-order valence-corrected chi connectivity index (χ0v) is 17.5. The maximum absolute atomic E-state index is 12.9. The van der Waals surface area contributed by atoms with Crippen LogP contribution in [0, 0.1) is 5.82 Å². The van der Waals surface area contributed by atoms with Gasteiger partial charge < -0.3 is 5.32 Å². The van der Waals surface area contributed by atoms with Crippen LogP contribution in [0.2, 0.25) is 5.02 Å². The van der Waals surface area contributed by atoms with Gasteiger partial charge >= 0.3 is 0 Å². The predicted molar refractivity (Wildman–Crippen MR) is 115 cm³/mol. The minimum atomic E-state index is -0.490. The van der Waals surface area contributed by atoms with Crippen LogP contribution < -0.4 is 16.2 Å². The summed E-state index contributed by atoms with van der Waals surface area (Å²) in [7, 11) is 0. The number of carbonyl (C=O) groups excluding carboxylic acids is 3. The summed E-state index contributed by atoms with van der Waals surface area (Å²) in [5.41, 5.74) is 5.56. The summed E-state index contributed by atoms with van der Waals surface area (Å²) >= 11 is 5.96. The molecule has 0 saturated carbocycles. The molecule has 3 amide bonds. The van der Waals surface area contributed by atoms with Crippen molar-refractivity contribution in [3.8, 4) is 0 Å². The fourth-order valence-electron chi connectivity index (χ4n) is 3.12. The van der Waals surface area contributed by atoms with Gasteiger partial charge in [0.25, 0.3) is 11.8 Å². The van der Waals surface area contributed by atoms with Crippen molar-refractivity contribution in [2.75, 3.05) is 44.6 Å². The van der Waals surface area contributed by atoms with Gasteiger partial charge in [-0.1, -0.05) is 23.7 Å². The Bertz CT molecular complexity index is 933. The van der Waals surface area contributed by atoms with Crippen LogP contribution in [0.4, 0.5) is 10.1 Å². The minimum Gasteiger partial charge on any atom is -0.325 e. The predicted octanol–water partition coefficient (Wildman–Crippen LogP) is 1.50. The van der Waals surface area contributed by atoms with Crippen molar-refractivity contribution in [2.45, 2.75) is 0 Å². The van der Waals surface area contributed by atoms with Gasteiger partial charge in [0.15, 0.2) is 0 Å². The Balaban J connectivity index is 1.35. The van der Waals surface area contributed by atoms with Crippen LogP contribution in [-0.2, 0) is 9.59 Å². The normalized spacial score (nSPS) is 14.6. The first-order valence-corrected chi connectivity index (χ1v) is 10.1. The van der Waals surface area contributed by atoms with Gasteiger partial charge in [0.1, 0.15) is 5.82 Å². The summed E-state index contributed by atoms with van der Waals surface area (Å²) in [6.07, 6.45) is 0. The Morgan fingerprint density at radius 3 is 2.03 bits per heavy atom. The highest BCUT2D eigenvalue weighted by Crippen LogP contribution is 2.14. The van der Waals surface area contributed by atoms with Gasteiger partial charge in [0, 0.05) is 31.9 Å². The third-order valence-corrected chi connectivity index (χ3v) is 5.09. The second kappa shape index (κ2) is 10.9. The molecular formula is C21H23ClFN5O3. The molecule has 31 heavy (non-hydrogen) atoms. The van der Waals surface area contributed by atoms with E-state index in [-0.39, 0.29) is 36.3 Å². The van der Waals surface area contributed by atoms with E-state index in [1.54, 1.807) is 24.3 Å². The smallest absolute Gasteiger partial charge is 0.271 e. The zero-order valence-electron chi connectivity index (χ0n) is 16.7. The molecule has 0 aliphatic carbocycles. The van der Waals surface area contributed by atoms with Crippen LogP contribution in [0.15, 0.2) is 48.5 Å². The van der Waals surface area contributed by atoms with Crippen molar-refractivity contribution in [3.63, 3.8) is 0 Å². The highest BCUT2D eigenvalue weighted by atomic mass is 35.5. The second-order valence-corrected chi connectivity index (χ2v) is 7.50. The standard InChI is InChI=1S/C21H23ClFN5O3/c22-18-4-2-1-3-17(18)21(31)26-25-20(30)14-28-11-9-27(10-12-28)13-19(29)24-16-7-5-15(23)6-8-16/h1-8H,9-14H2,(H,24,29)(H,25,30)(H,26,31). The average Bonchev–Trinajstić information content (AvgIpc) is 2.75. The fraction of sp³-hybridized carbons (Fsp3) is 0.286. The number of rotatable bonds is 6. The van der Waals surface area contributed by atoms with Gasteiger partial charge in [-0.15, -0.1) is 0 Å². The Hall–Kier alpha value is -3.01. The molecule has 2 aromatic carbocycles. The molecule has 0 bridgehead atoms. The molecule has 1 aliphatic rings. The minimum absolute atomic E-state index is 0.123. The maximum atomic E-state index is 12.9. The summed E-state index contributed by atoms with van der Waals surface area (Å²) in [5.74, 6) is -1.37. The molecular weight excluding hydrogens is 425 g/mol. The molecule has 1 fully saturated rings. The van der Waals surface area contributed by atoms with Crippen molar-refractivity contribution in [1.29, 1.82) is 0 Å². The number of hydrogen-bond donors (Lipinski definition) is 3. The summed E-state index contributed by atoms with van der Waals surface area (Å²) < 4.78 is 12.9. The molecule has 10 heteroatoms. The van der Waals surface area contributed by atoms with E-state index in [9.17, 15) is 18.8 Å². The number of hydrogen-bond acceptors (Lipinski definition) is 5. The van der Waals surface area contributed by atoms with Crippen molar-refractivity contribution in [3.05, 3.63) is 64.9 Å². The Kier molecular flexibility index (Phi) is 7.94. The molecule has 1 saturated heterocycles. The number of hydrazine groups is 1. The fourth-order valence-corrected chi connectivity index (χ4v) is 3.35.